The Morgan fingerprint density at radius 2 is 1.90 bits per heavy atom. The molecule has 0 fully saturated rings. The number of nitrogens with two attached hydrogens (primary N) is 1. The molecule has 0 bridgehead atoms. The number of hydrogen-bond donors (Lipinski definition) is 2. The minimum absolute atomic E-state index is 0.0633. The topological polar surface area (TPSA) is 38.0 Å². The van der Waals surface area contributed by atoms with Crippen molar-refractivity contribution in [3.05, 3.63) is 69.7 Å². The average molecular weight is 297 g/mol. The Labute approximate surface area is 121 Å². The lowest BCUT2D eigenvalue weighted by molar-refractivity contribution is 0.542. The molecule has 0 amide bonds. The van der Waals surface area contributed by atoms with Crippen molar-refractivity contribution in [2.24, 2.45) is 5.84 Å². The highest BCUT2D eigenvalue weighted by Crippen LogP contribution is 2.23. The number of hydrogen-bond acceptors (Lipinski definition) is 2. The molecule has 0 aliphatic heterocycles. The van der Waals surface area contributed by atoms with Crippen LogP contribution in [0.3, 0.4) is 0 Å². The standard InChI is InChI=1S/C15H15ClF2N2/c1-9-2-4-11(8-14(9)18)15(20-19)7-10-3-5-13(17)12(16)6-10/h2-6,8,15,20H,7,19H2,1H3. The van der Waals surface area contributed by atoms with E-state index in [9.17, 15) is 8.78 Å². The lowest BCUT2D eigenvalue weighted by Crippen LogP contribution is -2.29. The minimum Gasteiger partial charge on any atom is -0.271 e. The third-order valence-corrected chi connectivity index (χ3v) is 3.51. The van der Waals surface area contributed by atoms with E-state index in [1.165, 1.54) is 12.1 Å². The largest absolute Gasteiger partial charge is 0.271 e. The van der Waals surface area contributed by atoms with Crippen molar-refractivity contribution in [1.29, 1.82) is 0 Å². The molecule has 0 aromatic heterocycles. The Morgan fingerprint density at radius 1 is 1.15 bits per heavy atom. The predicted octanol–water partition coefficient (Wildman–Crippen LogP) is 3.67. The second-order valence-corrected chi connectivity index (χ2v) is 5.09. The number of nitrogens with one attached hydrogen (secondary N) is 1. The Hall–Kier alpha value is -1.49. The van der Waals surface area contributed by atoms with Crippen LogP contribution in [0.15, 0.2) is 36.4 Å². The van der Waals surface area contributed by atoms with Crippen LogP contribution in [-0.4, -0.2) is 0 Å². The van der Waals surface area contributed by atoms with Crippen LogP contribution in [0.5, 0.6) is 0 Å². The first kappa shape index (κ1) is 14.9. The van der Waals surface area contributed by atoms with Crippen LogP contribution in [0.1, 0.15) is 22.7 Å². The van der Waals surface area contributed by atoms with Crippen molar-refractivity contribution in [3.8, 4) is 0 Å². The summed E-state index contributed by atoms with van der Waals surface area (Å²) < 4.78 is 26.7. The van der Waals surface area contributed by atoms with Gasteiger partial charge in [0.05, 0.1) is 11.1 Å². The molecule has 0 radical (unpaired) electrons. The van der Waals surface area contributed by atoms with Gasteiger partial charge in [0.15, 0.2) is 0 Å². The van der Waals surface area contributed by atoms with Crippen LogP contribution >= 0.6 is 11.6 Å². The fourth-order valence-electron chi connectivity index (χ4n) is 2.00. The van der Waals surface area contributed by atoms with Gasteiger partial charge in [-0.3, -0.25) is 11.3 Å². The molecule has 0 spiro atoms. The van der Waals surface area contributed by atoms with Gasteiger partial charge in [-0.1, -0.05) is 29.8 Å². The van der Waals surface area contributed by atoms with E-state index in [2.05, 4.69) is 5.43 Å². The molecule has 106 valence electrons. The van der Waals surface area contributed by atoms with E-state index < -0.39 is 5.82 Å². The second-order valence-electron chi connectivity index (χ2n) is 4.68. The van der Waals surface area contributed by atoms with Crippen LogP contribution in [0.4, 0.5) is 8.78 Å². The molecule has 0 heterocycles. The lowest BCUT2D eigenvalue weighted by Gasteiger charge is -2.17. The van der Waals surface area contributed by atoms with Gasteiger partial charge < -0.3 is 0 Å². The summed E-state index contributed by atoms with van der Waals surface area (Å²) in [5.74, 6) is 4.79. The summed E-state index contributed by atoms with van der Waals surface area (Å²) in [5, 5.41) is 0.0633. The maximum Gasteiger partial charge on any atom is 0.141 e. The van der Waals surface area contributed by atoms with Gasteiger partial charge >= 0.3 is 0 Å². The molecule has 3 N–H and O–H groups in total. The molecule has 0 saturated heterocycles. The number of benzene rings is 2. The summed E-state index contributed by atoms with van der Waals surface area (Å²) in [6.07, 6.45) is 0.485. The van der Waals surface area contributed by atoms with Crippen LogP contribution in [0.2, 0.25) is 5.02 Å². The molecule has 2 nitrogen and oxygen atoms in total. The third-order valence-electron chi connectivity index (χ3n) is 3.22. The van der Waals surface area contributed by atoms with Gasteiger partial charge in [0.2, 0.25) is 0 Å². The molecule has 0 aliphatic rings. The van der Waals surface area contributed by atoms with E-state index in [-0.39, 0.29) is 16.9 Å². The number of rotatable bonds is 4. The Balaban J connectivity index is 2.23. The van der Waals surface area contributed by atoms with Gasteiger partial charge in [0.25, 0.3) is 0 Å². The van der Waals surface area contributed by atoms with Crippen LogP contribution in [0, 0.1) is 18.6 Å². The smallest absolute Gasteiger partial charge is 0.141 e. The van der Waals surface area contributed by atoms with Crippen molar-refractivity contribution >= 4 is 11.6 Å². The highest BCUT2D eigenvalue weighted by atomic mass is 35.5. The summed E-state index contributed by atoms with van der Waals surface area (Å²) >= 11 is 5.75. The van der Waals surface area contributed by atoms with E-state index in [4.69, 9.17) is 17.4 Å². The molecule has 2 aromatic carbocycles. The number of halogens is 3. The molecule has 1 atom stereocenters. The predicted molar refractivity (Wildman–Crippen MR) is 76.3 cm³/mol. The Kier molecular flexibility index (Phi) is 4.70. The first-order valence-corrected chi connectivity index (χ1v) is 6.55. The zero-order valence-electron chi connectivity index (χ0n) is 11.0. The molecular formula is C15H15ClF2N2. The summed E-state index contributed by atoms with van der Waals surface area (Å²) in [6.45, 7) is 1.70. The van der Waals surface area contributed by atoms with Crippen molar-refractivity contribution in [2.75, 3.05) is 0 Å². The van der Waals surface area contributed by atoms with Crippen molar-refractivity contribution in [3.63, 3.8) is 0 Å². The van der Waals surface area contributed by atoms with Crippen LogP contribution < -0.4 is 11.3 Å². The normalized spacial score (nSPS) is 12.4. The highest BCUT2D eigenvalue weighted by molar-refractivity contribution is 6.30. The molecule has 2 rings (SSSR count). The van der Waals surface area contributed by atoms with Crippen molar-refractivity contribution in [2.45, 2.75) is 19.4 Å². The number of hydrazine groups is 1. The summed E-state index contributed by atoms with van der Waals surface area (Å²) in [7, 11) is 0. The average Bonchev–Trinajstić information content (AvgIpc) is 2.43. The summed E-state index contributed by atoms with van der Waals surface area (Å²) in [4.78, 5) is 0. The Morgan fingerprint density at radius 3 is 2.50 bits per heavy atom. The quantitative estimate of drug-likeness (QED) is 0.667. The summed E-state index contributed by atoms with van der Waals surface area (Å²) in [5.41, 5.74) is 4.77. The molecule has 1 unspecified atom stereocenters. The first-order valence-electron chi connectivity index (χ1n) is 6.17. The van der Waals surface area contributed by atoms with Gasteiger partial charge in [-0.25, -0.2) is 8.78 Å². The van der Waals surface area contributed by atoms with E-state index >= 15 is 0 Å². The second kappa shape index (κ2) is 6.31. The van der Waals surface area contributed by atoms with E-state index in [0.717, 1.165) is 11.1 Å². The summed E-state index contributed by atoms with van der Waals surface area (Å²) in [6, 6.07) is 9.18. The van der Waals surface area contributed by atoms with Gasteiger partial charge in [-0.2, -0.15) is 0 Å². The Bertz CT molecular complexity index is 617. The van der Waals surface area contributed by atoms with Crippen molar-refractivity contribution < 1.29 is 8.78 Å². The maximum atomic E-state index is 13.6. The molecule has 0 saturated carbocycles. The lowest BCUT2D eigenvalue weighted by atomic mass is 9.98. The van der Waals surface area contributed by atoms with Gasteiger partial charge in [0, 0.05) is 0 Å². The zero-order valence-corrected chi connectivity index (χ0v) is 11.7. The molecule has 2 aromatic rings. The molecule has 5 heteroatoms. The van der Waals surface area contributed by atoms with E-state index in [1.807, 2.05) is 6.07 Å². The SMILES string of the molecule is Cc1ccc(C(Cc2ccc(F)c(Cl)c2)NN)cc1F. The minimum atomic E-state index is -0.464. The first-order chi connectivity index (χ1) is 9.51. The molecule has 20 heavy (non-hydrogen) atoms. The van der Waals surface area contributed by atoms with Gasteiger partial charge in [-0.05, 0) is 48.2 Å². The van der Waals surface area contributed by atoms with Crippen molar-refractivity contribution in [1.82, 2.24) is 5.43 Å². The van der Waals surface area contributed by atoms with Crippen LogP contribution in [-0.2, 0) is 6.42 Å². The van der Waals surface area contributed by atoms with E-state index in [1.54, 1.807) is 25.1 Å². The fourth-order valence-corrected chi connectivity index (χ4v) is 2.20. The maximum absolute atomic E-state index is 13.6. The zero-order chi connectivity index (χ0) is 14.7. The monoisotopic (exact) mass is 296 g/mol. The van der Waals surface area contributed by atoms with Gasteiger partial charge in [-0.15, -0.1) is 0 Å². The highest BCUT2D eigenvalue weighted by Gasteiger charge is 2.13. The molecular weight excluding hydrogens is 282 g/mol. The number of aryl methyl sites for hydroxylation is 1. The van der Waals surface area contributed by atoms with Crippen LogP contribution in [0.25, 0.3) is 0 Å². The van der Waals surface area contributed by atoms with Gasteiger partial charge in [0.1, 0.15) is 11.6 Å². The molecule has 0 aliphatic carbocycles. The fraction of sp³-hybridized carbons (Fsp3) is 0.200. The third kappa shape index (κ3) is 3.33. The van der Waals surface area contributed by atoms with E-state index in [0.29, 0.717) is 12.0 Å².